The third kappa shape index (κ3) is 1.21. The third-order valence-electron chi connectivity index (χ3n) is 1.52. The average Bonchev–Trinajstić information content (AvgIpc) is 2.30. The van der Waals surface area contributed by atoms with Gasteiger partial charge in [0.1, 0.15) is 0 Å². The van der Waals surface area contributed by atoms with Gasteiger partial charge in [-0.2, -0.15) is 0 Å². The zero-order valence-electron chi connectivity index (χ0n) is 5.54. The van der Waals surface area contributed by atoms with Crippen molar-refractivity contribution in [2.24, 2.45) is 0 Å². The van der Waals surface area contributed by atoms with Crippen molar-refractivity contribution < 1.29 is 0 Å². The van der Waals surface area contributed by atoms with Gasteiger partial charge in [-0.05, 0) is 22.0 Å². The van der Waals surface area contributed by atoms with E-state index in [9.17, 15) is 0 Å². The molecule has 0 nitrogen and oxygen atoms in total. The van der Waals surface area contributed by atoms with Crippen molar-refractivity contribution >= 4 is 50.0 Å². The molecule has 0 radical (unpaired) electrons. The van der Waals surface area contributed by atoms with Crippen LogP contribution in [0.25, 0.3) is 10.1 Å². The second kappa shape index (κ2) is 2.81. The summed E-state index contributed by atoms with van der Waals surface area (Å²) in [7, 11) is 0. The minimum absolute atomic E-state index is 1.05. The van der Waals surface area contributed by atoms with Crippen LogP contribution in [0.2, 0.25) is 0 Å². The predicted octanol–water partition coefficient (Wildman–Crippen LogP) is 3.95. The monoisotopic (exact) mass is 244 g/mol. The van der Waals surface area contributed by atoms with E-state index in [2.05, 4.69) is 40.7 Å². The van der Waals surface area contributed by atoms with Crippen LogP contribution in [0.4, 0.5) is 0 Å². The van der Waals surface area contributed by atoms with Crippen molar-refractivity contribution in [1.82, 2.24) is 0 Å². The molecule has 3 heteroatoms. The molecule has 0 aliphatic carbocycles. The fourth-order valence-corrected chi connectivity index (χ4v) is 2.97. The first-order valence-corrected chi connectivity index (χ1v) is 5.20. The van der Waals surface area contributed by atoms with Crippen molar-refractivity contribution in [3.8, 4) is 0 Å². The Kier molecular flexibility index (Phi) is 1.95. The molecule has 2 rings (SSSR count). The van der Waals surface area contributed by atoms with Crippen LogP contribution in [0.1, 0.15) is 0 Å². The highest BCUT2D eigenvalue weighted by atomic mass is 79.9. The molecule has 1 aromatic carbocycles. The minimum atomic E-state index is 1.05. The molecule has 0 aliphatic rings. The van der Waals surface area contributed by atoms with Gasteiger partial charge in [-0.15, -0.1) is 24.0 Å². The van der Waals surface area contributed by atoms with Crippen LogP contribution in [0.15, 0.2) is 32.9 Å². The van der Waals surface area contributed by atoms with Gasteiger partial charge in [-0.1, -0.05) is 18.2 Å². The molecule has 0 atom stereocenters. The lowest BCUT2D eigenvalue weighted by atomic mass is 10.3. The van der Waals surface area contributed by atoms with Gasteiger partial charge in [-0.3, -0.25) is 0 Å². The molecular formula is C8H5BrS2. The molecule has 1 heterocycles. The van der Waals surface area contributed by atoms with Gasteiger partial charge in [0, 0.05) is 14.6 Å². The van der Waals surface area contributed by atoms with Crippen LogP contribution in [0.3, 0.4) is 0 Å². The van der Waals surface area contributed by atoms with Gasteiger partial charge < -0.3 is 0 Å². The molecule has 56 valence electrons. The first-order valence-electron chi connectivity index (χ1n) is 3.15. The Labute approximate surface area is 82.8 Å². The number of thiol groups is 1. The summed E-state index contributed by atoms with van der Waals surface area (Å²) in [5, 5.41) is 1.25. The Morgan fingerprint density at radius 2 is 2.00 bits per heavy atom. The second-order valence-electron chi connectivity index (χ2n) is 2.22. The van der Waals surface area contributed by atoms with Gasteiger partial charge in [0.05, 0.1) is 4.21 Å². The van der Waals surface area contributed by atoms with Gasteiger partial charge >= 0.3 is 0 Å². The van der Waals surface area contributed by atoms with Gasteiger partial charge in [-0.25, -0.2) is 0 Å². The summed E-state index contributed by atoms with van der Waals surface area (Å²) in [5.74, 6) is 0. The summed E-state index contributed by atoms with van der Waals surface area (Å²) in [6, 6.07) is 8.27. The fourth-order valence-electron chi connectivity index (χ4n) is 1.00. The van der Waals surface area contributed by atoms with Crippen molar-refractivity contribution in [3.05, 3.63) is 28.7 Å². The molecule has 0 amide bonds. The highest BCUT2D eigenvalue weighted by Gasteiger charge is 2.04. The van der Waals surface area contributed by atoms with Gasteiger partial charge in [0.25, 0.3) is 0 Å². The largest absolute Gasteiger partial charge is 0.132 e. The molecule has 1 aromatic heterocycles. The maximum Gasteiger partial charge on any atom is 0.0723 e. The van der Waals surface area contributed by atoms with Crippen molar-refractivity contribution in [2.45, 2.75) is 4.21 Å². The lowest BCUT2D eigenvalue weighted by Gasteiger charge is -1.86. The van der Waals surface area contributed by atoms with E-state index >= 15 is 0 Å². The van der Waals surface area contributed by atoms with Gasteiger partial charge in [0.2, 0.25) is 0 Å². The first-order chi connectivity index (χ1) is 5.29. The molecule has 0 saturated carbocycles. The maximum absolute atomic E-state index is 4.33. The summed E-state index contributed by atoms with van der Waals surface area (Å²) in [4.78, 5) is 0. The third-order valence-corrected chi connectivity index (χ3v) is 4.38. The quantitative estimate of drug-likeness (QED) is 0.667. The average molecular weight is 245 g/mol. The summed E-state index contributed by atoms with van der Waals surface area (Å²) in [6.45, 7) is 0. The molecule has 0 spiro atoms. The number of thiophene rings is 1. The summed E-state index contributed by atoms with van der Waals surface area (Å²) < 4.78 is 3.44. The Bertz CT molecular complexity index is 392. The molecule has 11 heavy (non-hydrogen) atoms. The Hall–Kier alpha value is 0.01000. The molecule has 2 aromatic rings. The Morgan fingerprint density at radius 3 is 2.73 bits per heavy atom. The van der Waals surface area contributed by atoms with Crippen LogP contribution in [0.5, 0.6) is 0 Å². The van der Waals surface area contributed by atoms with Gasteiger partial charge in [0.15, 0.2) is 0 Å². The molecule has 0 bridgehead atoms. The molecular weight excluding hydrogens is 240 g/mol. The van der Waals surface area contributed by atoms with E-state index in [1.165, 1.54) is 10.1 Å². The topological polar surface area (TPSA) is 0 Å². The summed E-state index contributed by atoms with van der Waals surface area (Å²) in [6.07, 6.45) is 0. The molecule has 0 saturated heterocycles. The Balaban J connectivity index is 2.92. The zero-order valence-corrected chi connectivity index (χ0v) is 8.84. The standard InChI is InChI=1S/C8H5BrS2/c9-7-5-3-1-2-4-6(5)11-8(7)10/h1-4,10H. The second-order valence-corrected chi connectivity index (χ2v) is 4.81. The fraction of sp³-hybridized carbons (Fsp3) is 0. The highest BCUT2D eigenvalue weighted by Crippen LogP contribution is 2.37. The molecule has 0 fully saturated rings. The Morgan fingerprint density at radius 1 is 1.27 bits per heavy atom. The number of halogens is 1. The van der Waals surface area contributed by atoms with E-state index in [-0.39, 0.29) is 0 Å². The van der Waals surface area contributed by atoms with E-state index in [4.69, 9.17) is 0 Å². The van der Waals surface area contributed by atoms with E-state index in [1.54, 1.807) is 11.3 Å². The van der Waals surface area contributed by atoms with Crippen LogP contribution >= 0.6 is 39.9 Å². The van der Waals surface area contributed by atoms with E-state index < -0.39 is 0 Å². The minimum Gasteiger partial charge on any atom is -0.132 e. The van der Waals surface area contributed by atoms with Crippen LogP contribution in [-0.4, -0.2) is 0 Å². The predicted molar refractivity (Wildman–Crippen MR) is 56.8 cm³/mol. The number of hydrogen-bond acceptors (Lipinski definition) is 2. The van der Waals surface area contributed by atoms with E-state index in [1.807, 2.05) is 12.1 Å². The SMILES string of the molecule is Sc1sc2ccccc2c1Br. The molecule has 0 unspecified atom stereocenters. The number of hydrogen-bond donors (Lipinski definition) is 1. The lowest BCUT2D eigenvalue weighted by molar-refractivity contribution is 1.69. The first kappa shape index (κ1) is 7.65. The number of rotatable bonds is 0. The smallest absolute Gasteiger partial charge is 0.0723 e. The molecule has 0 aliphatic heterocycles. The van der Waals surface area contributed by atoms with Crippen LogP contribution in [0, 0.1) is 0 Å². The molecule has 0 N–H and O–H groups in total. The maximum atomic E-state index is 4.33. The summed E-state index contributed by atoms with van der Waals surface area (Å²) >= 11 is 9.51. The lowest BCUT2D eigenvalue weighted by Crippen LogP contribution is -1.60. The van der Waals surface area contributed by atoms with Crippen LogP contribution < -0.4 is 0 Å². The van der Waals surface area contributed by atoms with Crippen molar-refractivity contribution in [1.29, 1.82) is 0 Å². The number of benzene rings is 1. The zero-order chi connectivity index (χ0) is 7.84. The number of fused-ring (bicyclic) bond motifs is 1. The highest BCUT2D eigenvalue weighted by molar-refractivity contribution is 9.10. The van der Waals surface area contributed by atoms with E-state index in [0.717, 1.165) is 8.68 Å². The normalized spacial score (nSPS) is 10.7. The van der Waals surface area contributed by atoms with E-state index in [0.29, 0.717) is 0 Å². The summed E-state index contributed by atoms with van der Waals surface area (Å²) in [5.41, 5.74) is 0. The van der Waals surface area contributed by atoms with Crippen LogP contribution in [-0.2, 0) is 0 Å². The van der Waals surface area contributed by atoms with Crippen molar-refractivity contribution in [2.75, 3.05) is 0 Å². The van der Waals surface area contributed by atoms with Crippen molar-refractivity contribution in [3.63, 3.8) is 0 Å².